The molecule has 0 amide bonds. The molecule has 0 radical (unpaired) electrons. The summed E-state index contributed by atoms with van der Waals surface area (Å²) in [5.74, 6) is 2.81. The van der Waals surface area contributed by atoms with Crippen LogP contribution < -0.4 is 10.2 Å². The van der Waals surface area contributed by atoms with Crippen LogP contribution in [-0.4, -0.2) is 52.3 Å². The number of anilines is 2. The van der Waals surface area contributed by atoms with Crippen LogP contribution in [0.25, 0.3) is 0 Å². The number of benzene rings is 1. The second-order valence-electron chi connectivity index (χ2n) is 8.29. The first-order valence-electron chi connectivity index (χ1n) is 10.8. The predicted molar refractivity (Wildman–Crippen MR) is 123 cm³/mol. The summed E-state index contributed by atoms with van der Waals surface area (Å²) in [7, 11) is -1.00. The summed E-state index contributed by atoms with van der Waals surface area (Å²) in [6.07, 6.45) is 4.88. The van der Waals surface area contributed by atoms with Gasteiger partial charge in [0, 0.05) is 49.0 Å². The molecule has 6 nitrogen and oxygen atoms in total. The van der Waals surface area contributed by atoms with Crippen molar-refractivity contribution in [2.45, 2.75) is 49.0 Å². The predicted octanol–water partition coefficient (Wildman–Crippen LogP) is 3.88. The lowest BCUT2D eigenvalue weighted by Crippen LogP contribution is -2.35. The smallest absolute Gasteiger partial charge is 0.227 e. The molecule has 4 heterocycles. The Morgan fingerprint density at radius 2 is 1.80 bits per heavy atom. The molecule has 0 bridgehead atoms. The van der Waals surface area contributed by atoms with Crippen LogP contribution in [-0.2, 0) is 22.0 Å². The zero-order chi connectivity index (χ0) is 20.5. The minimum atomic E-state index is -1.00. The molecule has 5 rings (SSSR count). The van der Waals surface area contributed by atoms with E-state index in [2.05, 4.69) is 50.4 Å². The Balaban J connectivity index is 1.34. The summed E-state index contributed by atoms with van der Waals surface area (Å²) in [6, 6.07) is 9.02. The minimum Gasteiger partial charge on any atom is -0.381 e. The number of hydrogen-bond acceptors (Lipinski definition) is 6. The second kappa shape index (κ2) is 8.93. The summed E-state index contributed by atoms with van der Waals surface area (Å²) in [5, 5.41) is 3.58. The number of piperidine rings is 1. The lowest BCUT2D eigenvalue weighted by Gasteiger charge is -2.33. The van der Waals surface area contributed by atoms with Crippen molar-refractivity contribution in [3.05, 3.63) is 40.0 Å². The quantitative estimate of drug-likeness (QED) is 0.701. The maximum absolute atomic E-state index is 12.6. The van der Waals surface area contributed by atoms with Crippen molar-refractivity contribution in [1.29, 1.82) is 0 Å². The number of aromatic nitrogens is 2. The summed E-state index contributed by atoms with van der Waals surface area (Å²) in [6.45, 7) is 3.42. The third-order valence-electron chi connectivity index (χ3n) is 6.36. The topological polar surface area (TPSA) is 67.4 Å². The van der Waals surface area contributed by atoms with Gasteiger partial charge >= 0.3 is 0 Å². The maximum atomic E-state index is 12.6. The number of halogens is 1. The highest BCUT2D eigenvalue weighted by Crippen LogP contribution is 2.34. The zero-order valence-corrected chi connectivity index (χ0v) is 19.4. The number of aryl methyl sites for hydroxylation is 1. The molecule has 2 saturated heterocycles. The molecule has 0 aliphatic carbocycles. The van der Waals surface area contributed by atoms with Gasteiger partial charge in [-0.25, -0.2) is 4.98 Å². The molecule has 8 heteroatoms. The fraction of sp³-hybridized carbons (Fsp3) is 0.545. The molecular weight excluding hydrogens is 464 g/mol. The van der Waals surface area contributed by atoms with E-state index in [-0.39, 0.29) is 0 Å². The van der Waals surface area contributed by atoms with Crippen molar-refractivity contribution in [2.75, 3.05) is 42.3 Å². The van der Waals surface area contributed by atoms with E-state index in [1.165, 1.54) is 5.56 Å². The molecule has 1 atom stereocenters. The van der Waals surface area contributed by atoms with Gasteiger partial charge in [-0.3, -0.25) is 4.21 Å². The van der Waals surface area contributed by atoms with Gasteiger partial charge in [-0.2, -0.15) is 4.98 Å². The Labute approximate surface area is 188 Å². The average Bonchev–Trinajstić information content (AvgIpc) is 3.16. The lowest BCUT2D eigenvalue weighted by atomic mass is 9.90. The third kappa shape index (κ3) is 4.27. The van der Waals surface area contributed by atoms with E-state index < -0.39 is 10.8 Å². The first-order valence-corrected chi connectivity index (χ1v) is 12.9. The SMILES string of the molecule is O=S1CCc2nc(N3CCC(c4ccc(Br)cc4)CC3)nc(NC3CCOCC3)c21. The largest absolute Gasteiger partial charge is 0.381 e. The van der Waals surface area contributed by atoms with Gasteiger partial charge in [0.05, 0.1) is 16.5 Å². The van der Waals surface area contributed by atoms with E-state index in [0.717, 1.165) is 85.2 Å². The molecule has 30 heavy (non-hydrogen) atoms. The number of nitrogens with zero attached hydrogens (tertiary/aromatic N) is 3. The molecule has 3 aliphatic rings. The maximum Gasteiger partial charge on any atom is 0.227 e. The highest BCUT2D eigenvalue weighted by atomic mass is 79.9. The van der Waals surface area contributed by atoms with Crippen molar-refractivity contribution in [3.63, 3.8) is 0 Å². The van der Waals surface area contributed by atoms with Gasteiger partial charge in [0.15, 0.2) is 0 Å². The molecule has 0 saturated carbocycles. The highest BCUT2D eigenvalue weighted by molar-refractivity contribution is 9.10. The monoisotopic (exact) mass is 490 g/mol. The van der Waals surface area contributed by atoms with Gasteiger partial charge in [-0.15, -0.1) is 0 Å². The van der Waals surface area contributed by atoms with Crippen molar-refractivity contribution < 1.29 is 8.95 Å². The van der Waals surface area contributed by atoms with Crippen LogP contribution in [0.1, 0.15) is 42.9 Å². The standard InChI is InChI=1S/C22H27BrN4O2S/c23-17-3-1-15(2-4-17)16-5-10-27(11-6-16)22-25-19-9-14-30(28)20(19)21(26-22)24-18-7-12-29-13-8-18/h1-4,16,18H,5-14H2,(H,24,25,26). The number of hydrogen-bond donors (Lipinski definition) is 1. The van der Waals surface area contributed by atoms with Crippen LogP contribution in [0, 0.1) is 0 Å². The van der Waals surface area contributed by atoms with E-state index in [1.807, 2.05) is 0 Å². The fourth-order valence-electron chi connectivity index (χ4n) is 4.61. The lowest BCUT2D eigenvalue weighted by molar-refractivity contribution is 0.0903. The molecule has 0 spiro atoms. The second-order valence-corrected chi connectivity index (χ2v) is 10.7. The summed E-state index contributed by atoms with van der Waals surface area (Å²) < 4.78 is 19.2. The fourth-order valence-corrected chi connectivity index (χ4v) is 6.18. The molecule has 1 aromatic carbocycles. The van der Waals surface area contributed by atoms with Crippen molar-refractivity contribution in [1.82, 2.24) is 9.97 Å². The van der Waals surface area contributed by atoms with E-state index in [1.54, 1.807) is 0 Å². The third-order valence-corrected chi connectivity index (χ3v) is 8.35. The van der Waals surface area contributed by atoms with Crippen LogP contribution in [0.4, 0.5) is 11.8 Å². The molecule has 2 aromatic rings. The molecule has 3 aliphatic heterocycles. The molecule has 1 N–H and O–H groups in total. The molecule has 160 valence electrons. The van der Waals surface area contributed by atoms with E-state index >= 15 is 0 Å². The van der Waals surface area contributed by atoms with E-state index in [4.69, 9.17) is 14.7 Å². The molecule has 2 fully saturated rings. The van der Waals surface area contributed by atoms with Crippen molar-refractivity contribution >= 4 is 38.5 Å². The Bertz CT molecular complexity index is 925. The summed E-state index contributed by atoms with van der Waals surface area (Å²) in [5.41, 5.74) is 2.37. The van der Waals surface area contributed by atoms with Crippen LogP contribution in [0.15, 0.2) is 33.6 Å². The number of fused-ring (bicyclic) bond motifs is 1. The Hall–Kier alpha value is -1.51. The summed E-state index contributed by atoms with van der Waals surface area (Å²) >= 11 is 3.52. The number of rotatable bonds is 4. The Morgan fingerprint density at radius 1 is 1.07 bits per heavy atom. The average molecular weight is 491 g/mol. The van der Waals surface area contributed by atoms with Gasteiger partial charge < -0.3 is 15.0 Å². The van der Waals surface area contributed by atoms with Crippen LogP contribution in [0.3, 0.4) is 0 Å². The highest BCUT2D eigenvalue weighted by Gasteiger charge is 2.30. The first kappa shape index (κ1) is 20.4. The van der Waals surface area contributed by atoms with Crippen LogP contribution in [0.2, 0.25) is 0 Å². The number of nitrogens with one attached hydrogen (secondary N) is 1. The molecular formula is C22H27BrN4O2S. The van der Waals surface area contributed by atoms with Crippen LogP contribution >= 0.6 is 15.9 Å². The Kier molecular flexibility index (Phi) is 6.07. The summed E-state index contributed by atoms with van der Waals surface area (Å²) in [4.78, 5) is 12.9. The van der Waals surface area contributed by atoms with Gasteiger partial charge in [-0.1, -0.05) is 28.1 Å². The van der Waals surface area contributed by atoms with Crippen molar-refractivity contribution in [2.24, 2.45) is 0 Å². The molecule has 1 aromatic heterocycles. The van der Waals surface area contributed by atoms with Gasteiger partial charge in [0.2, 0.25) is 5.95 Å². The van der Waals surface area contributed by atoms with Crippen LogP contribution in [0.5, 0.6) is 0 Å². The first-order chi connectivity index (χ1) is 14.7. The molecule has 1 unspecified atom stereocenters. The number of ether oxygens (including phenoxy) is 1. The van der Waals surface area contributed by atoms with Gasteiger partial charge in [0.1, 0.15) is 10.7 Å². The van der Waals surface area contributed by atoms with E-state index in [9.17, 15) is 4.21 Å². The van der Waals surface area contributed by atoms with Gasteiger partial charge in [-0.05, 0) is 49.3 Å². The van der Waals surface area contributed by atoms with E-state index in [0.29, 0.717) is 17.7 Å². The minimum absolute atomic E-state index is 0.325. The normalized spacial score (nSPS) is 22.8. The van der Waals surface area contributed by atoms with Crippen molar-refractivity contribution in [3.8, 4) is 0 Å². The van der Waals surface area contributed by atoms with Gasteiger partial charge in [0.25, 0.3) is 0 Å². The Morgan fingerprint density at radius 3 is 2.53 bits per heavy atom. The zero-order valence-electron chi connectivity index (χ0n) is 17.0.